The molecule has 2 aliphatic heterocycles. The molecule has 5 rings (SSSR count). The Kier molecular flexibility index (Phi) is 35.7. The third-order valence-corrected chi connectivity index (χ3v) is 19.9. The second-order valence-electron chi connectivity index (χ2n) is 28.7. The molecule has 8 N–H and O–H groups in total. The topological polar surface area (TPSA) is 356 Å². The summed E-state index contributed by atoms with van der Waals surface area (Å²) in [5.41, 5.74) is 8.60. The Bertz CT molecular complexity index is 3430. The number of nitrogens with zero attached hydrogens (tertiary/aromatic N) is 5. The number of benzene rings is 3. The van der Waals surface area contributed by atoms with E-state index >= 15 is 0 Å². The molecule has 0 radical (unpaired) electrons. The van der Waals surface area contributed by atoms with Crippen molar-refractivity contribution in [2.45, 2.75) is 200 Å². The Morgan fingerprint density at radius 3 is 1.88 bits per heavy atom. The van der Waals surface area contributed by atoms with Crippen LogP contribution in [0.3, 0.4) is 0 Å². The molecule has 11 atom stereocenters. The summed E-state index contributed by atoms with van der Waals surface area (Å²) in [6, 6.07) is 17.0. The zero-order valence-electron chi connectivity index (χ0n) is 64.6. The third-order valence-electron chi connectivity index (χ3n) is 19.9. The number of carbonyl (C=O) groups excluding carboxylic acids is 12. The quantitative estimate of drug-likeness (QED) is 0.0183. The van der Waals surface area contributed by atoms with Gasteiger partial charge in [0.15, 0.2) is 0 Å². The normalized spacial score (nSPS) is 16.4. The van der Waals surface area contributed by atoms with Crippen molar-refractivity contribution in [3.8, 4) is 0 Å². The van der Waals surface area contributed by atoms with Crippen molar-refractivity contribution >= 4 is 82.6 Å². The number of unbranched alkanes of at least 4 members (excludes halogenated alkanes) is 2. The zero-order chi connectivity index (χ0) is 78.5. The number of nitrogens with one attached hydrogen (secondary N) is 6. The van der Waals surface area contributed by atoms with Crippen LogP contribution in [0.2, 0.25) is 0 Å². The number of methoxy groups -OCH3 is 3. The molecule has 0 bridgehead atoms. The number of rotatable bonds is 43. The summed E-state index contributed by atoms with van der Waals surface area (Å²) >= 11 is 0. The van der Waals surface area contributed by atoms with Crippen LogP contribution >= 0.6 is 0 Å². The number of urea groups is 1. The van der Waals surface area contributed by atoms with E-state index in [2.05, 4.69) is 31.9 Å². The van der Waals surface area contributed by atoms with E-state index in [1.165, 1.54) is 38.4 Å². The molecule has 0 aromatic heterocycles. The van der Waals surface area contributed by atoms with Crippen LogP contribution in [0.5, 0.6) is 0 Å². The molecule has 584 valence electrons. The standard InChI is InChI=1S/C78H116N12O16/c1-16-51(8)69(61(103-13)46-65(94)89-43-24-28-60(89)70(104-14)52(9)71(95)83-59(76(100)105-15)45-54-25-19-17-20-26-54)88(12)75(99)67(49(4)5)85-74(98)68(50(6)7)86(10)44-40-53-32-36-57(37-33-53)87(11)78(102)106-47-55-30-34-56(35-31-55)81-72(96)58(27-23-41-80-77(79)101)82-73(97)66(48(2)3)84-62(91)29-21-18-22-42-90-63(92)38-39-64(90)93/h17,19-20,25-26,30-39,48-52,58-61,66-70H,16,18,21-24,27-29,40-47H2,1-15H3,(H,81,96)(H,82,97)(H,83,95)(H,84,91)(H,85,98)(H3,79,80,101)/t51-,52+,58-,59-,60-,61+,66-,67-,68-,69-,70+/m0/s1. The Morgan fingerprint density at radius 1 is 0.660 bits per heavy atom. The number of ether oxygens (including phenoxy) is 4. The van der Waals surface area contributed by atoms with E-state index in [9.17, 15) is 57.5 Å². The van der Waals surface area contributed by atoms with Crippen LogP contribution in [0, 0.1) is 29.6 Å². The van der Waals surface area contributed by atoms with E-state index in [0.29, 0.717) is 75.0 Å². The fourth-order valence-corrected chi connectivity index (χ4v) is 13.6. The van der Waals surface area contributed by atoms with E-state index in [0.717, 1.165) is 16.0 Å². The number of esters is 1. The summed E-state index contributed by atoms with van der Waals surface area (Å²) in [7, 11) is 9.46. The highest BCUT2D eigenvalue weighted by Gasteiger charge is 2.44. The highest BCUT2D eigenvalue weighted by Crippen LogP contribution is 2.31. The van der Waals surface area contributed by atoms with Crippen LogP contribution < -0.4 is 42.5 Å². The van der Waals surface area contributed by atoms with Crippen LogP contribution in [0.4, 0.5) is 21.0 Å². The van der Waals surface area contributed by atoms with Gasteiger partial charge in [0.1, 0.15) is 30.8 Å². The molecular formula is C78H116N12O16. The molecule has 0 aliphatic carbocycles. The number of imide groups is 1. The van der Waals surface area contributed by atoms with Crippen LogP contribution in [0.25, 0.3) is 0 Å². The number of amides is 12. The number of likely N-dealkylation sites (N-methyl/N-ethyl adjacent to an activating group) is 2. The molecule has 28 heteroatoms. The van der Waals surface area contributed by atoms with Crippen LogP contribution in [0.15, 0.2) is 91.0 Å². The molecule has 12 amide bonds. The minimum atomic E-state index is -1.08. The van der Waals surface area contributed by atoms with E-state index in [-0.39, 0.29) is 111 Å². The lowest BCUT2D eigenvalue weighted by Crippen LogP contribution is -2.60. The van der Waals surface area contributed by atoms with Gasteiger partial charge in [0.2, 0.25) is 41.4 Å². The monoisotopic (exact) mass is 1480 g/mol. The average Bonchev–Trinajstić information content (AvgIpc) is 1.42. The lowest BCUT2D eigenvalue weighted by molar-refractivity contribution is -0.149. The number of nitrogens with two attached hydrogens (primary N) is 1. The summed E-state index contributed by atoms with van der Waals surface area (Å²) in [6.07, 6.45) is 4.99. The molecular weight excluding hydrogens is 1360 g/mol. The maximum atomic E-state index is 14.9. The van der Waals surface area contributed by atoms with Gasteiger partial charge in [-0.2, -0.15) is 0 Å². The minimum Gasteiger partial charge on any atom is -0.467 e. The summed E-state index contributed by atoms with van der Waals surface area (Å²) in [4.78, 5) is 168. The van der Waals surface area contributed by atoms with Crippen molar-refractivity contribution < 1.29 is 76.5 Å². The van der Waals surface area contributed by atoms with Crippen LogP contribution in [-0.2, 0) is 86.3 Å². The maximum Gasteiger partial charge on any atom is 0.414 e. The molecule has 0 unspecified atom stereocenters. The molecule has 1 fully saturated rings. The van der Waals surface area contributed by atoms with Gasteiger partial charge in [0.05, 0.1) is 49.8 Å². The first-order valence-electron chi connectivity index (χ1n) is 37.0. The molecule has 106 heavy (non-hydrogen) atoms. The molecule has 1 saturated heterocycles. The lowest BCUT2D eigenvalue weighted by Gasteiger charge is -2.41. The lowest BCUT2D eigenvalue weighted by atomic mass is 9.89. The number of carbonyl (C=O) groups is 12. The fraction of sp³-hybridized carbons (Fsp3) is 0.590. The number of primary amides is 1. The van der Waals surface area contributed by atoms with Crippen molar-refractivity contribution in [3.63, 3.8) is 0 Å². The molecule has 2 heterocycles. The van der Waals surface area contributed by atoms with Gasteiger partial charge in [0.25, 0.3) is 11.8 Å². The van der Waals surface area contributed by atoms with Crippen LogP contribution in [-0.4, -0.2) is 214 Å². The SMILES string of the molecule is CC[C@H](C)[C@@H]([C@@H](CC(=O)N1CCC[C@H]1[C@H](OC)[C@@H](C)C(=O)N[C@@H](Cc1ccccc1)C(=O)OC)OC)N(C)C(=O)[C@@H](NC(=O)[C@H](C(C)C)N(C)CCc1ccc(N(C)C(=O)OCc2ccc(NC(=O)[C@H](CCCNC(N)=O)NC(=O)[C@@H](NC(=O)CCCCCN3C(=O)C=CC3=O)C(C)C)cc2)cc1)C(C)C. The second kappa shape index (κ2) is 43.4. The summed E-state index contributed by atoms with van der Waals surface area (Å²) in [5, 5.41) is 16.8. The average molecular weight is 1480 g/mol. The Balaban J connectivity index is 1.13. The number of hydrogen-bond acceptors (Lipinski definition) is 17. The van der Waals surface area contributed by atoms with E-state index in [4.69, 9.17) is 24.7 Å². The minimum absolute atomic E-state index is 0.0696. The van der Waals surface area contributed by atoms with E-state index in [1.807, 2.05) is 96.0 Å². The second-order valence-corrected chi connectivity index (χ2v) is 28.7. The number of hydrogen-bond donors (Lipinski definition) is 7. The van der Waals surface area contributed by atoms with Gasteiger partial charge in [0, 0.05) is 90.9 Å². The van der Waals surface area contributed by atoms with E-state index in [1.54, 1.807) is 81.1 Å². The Labute approximate surface area is 625 Å². The summed E-state index contributed by atoms with van der Waals surface area (Å²) in [6.45, 7) is 18.1. The highest BCUT2D eigenvalue weighted by molar-refractivity contribution is 6.12. The molecule has 3 aromatic carbocycles. The van der Waals surface area contributed by atoms with Crippen molar-refractivity contribution in [1.29, 1.82) is 0 Å². The van der Waals surface area contributed by atoms with Gasteiger partial charge >= 0.3 is 18.1 Å². The molecule has 3 aromatic rings. The summed E-state index contributed by atoms with van der Waals surface area (Å²) in [5.74, 6) is -5.84. The Hall–Kier alpha value is -9.28. The van der Waals surface area contributed by atoms with Crippen molar-refractivity contribution in [2.24, 2.45) is 35.3 Å². The largest absolute Gasteiger partial charge is 0.467 e. The maximum absolute atomic E-state index is 14.9. The fourth-order valence-electron chi connectivity index (χ4n) is 13.6. The molecule has 0 saturated carbocycles. The van der Waals surface area contributed by atoms with Crippen molar-refractivity contribution in [2.75, 3.05) is 78.9 Å². The zero-order valence-corrected chi connectivity index (χ0v) is 64.6. The van der Waals surface area contributed by atoms with E-state index < -0.39 is 96.2 Å². The van der Waals surface area contributed by atoms with Gasteiger partial charge in [-0.05, 0) is 117 Å². The first-order valence-corrected chi connectivity index (χ1v) is 37.0. The Morgan fingerprint density at radius 2 is 1.29 bits per heavy atom. The third kappa shape index (κ3) is 26.0. The van der Waals surface area contributed by atoms with Gasteiger partial charge < -0.3 is 66.4 Å². The molecule has 0 spiro atoms. The molecule has 2 aliphatic rings. The predicted molar refractivity (Wildman–Crippen MR) is 402 cm³/mol. The number of anilines is 2. The highest BCUT2D eigenvalue weighted by atomic mass is 16.6. The van der Waals surface area contributed by atoms with Crippen molar-refractivity contribution in [3.05, 3.63) is 108 Å². The van der Waals surface area contributed by atoms with Crippen molar-refractivity contribution in [1.82, 2.24) is 46.2 Å². The molecule has 28 nitrogen and oxygen atoms in total. The number of likely N-dealkylation sites (tertiary alicyclic amines) is 1. The van der Waals surface area contributed by atoms with Crippen LogP contribution in [0.1, 0.15) is 143 Å². The first-order chi connectivity index (χ1) is 50.3. The smallest absolute Gasteiger partial charge is 0.414 e. The van der Waals surface area contributed by atoms with Gasteiger partial charge in [-0.1, -0.05) is 130 Å². The van der Waals surface area contributed by atoms with Gasteiger partial charge in [-0.3, -0.25) is 57.9 Å². The van der Waals surface area contributed by atoms with Gasteiger partial charge in [-0.15, -0.1) is 0 Å². The summed E-state index contributed by atoms with van der Waals surface area (Å²) < 4.78 is 22.8. The predicted octanol–water partition coefficient (Wildman–Crippen LogP) is 6.42. The van der Waals surface area contributed by atoms with Gasteiger partial charge in [-0.25, -0.2) is 14.4 Å². The first kappa shape index (κ1) is 87.4.